The summed E-state index contributed by atoms with van der Waals surface area (Å²) in [6, 6.07) is 19.1. The summed E-state index contributed by atoms with van der Waals surface area (Å²) in [5.41, 5.74) is -1.12. The lowest BCUT2D eigenvalue weighted by molar-refractivity contribution is -0.141. The highest BCUT2D eigenvalue weighted by Gasteiger charge is 2.35. The van der Waals surface area contributed by atoms with Gasteiger partial charge in [-0.25, -0.2) is 9.48 Å². The van der Waals surface area contributed by atoms with E-state index in [9.17, 15) is 23.1 Å². The summed E-state index contributed by atoms with van der Waals surface area (Å²) < 4.78 is 41.1. The van der Waals surface area contributed by atoms with Crippen molar-refractivity contribution < 1.29 is 23.1 Å². The fourth-order valence-corrected chi connectivity index (χ4v) is 3.43. The molecule has 1 heterocycles. The molecule has 0 aliphatic heterocycles. The van der Waals surface area contributed by atoms with Gasteiger partial charge < -0.3 is 10.4 Å². The average molecular weight is 454 g/mol. The van der Waals surface area contributed by atoms with Crippen molar-refractivity contribution in [1.29, 1.82) is 0 Å². The Morgan fingerprint density at radius 3 is 2.36 bits per heavy atom. The number of amides is 2. The van der Waals surface area contributed by atoms with Gasteiger partial charge in [0.1, 0.15) is 5.82 Å². The largest absolute Gasteiger partial charge is 0.435 e. The molecule has 2 amide bonds. The number of hydrogen-bond donors (Lipinski definition) is 3. The molecule has 1 aromatic heterocycles. The van der Waals surface area contributed by atoms with Crippen LogP contribution in [0.4, 0.5) is 29.5 Å². The normalized spacial score (nSPS) is 12.1. The molecule has 4 aromatic rings. The molecule has 0 fully saturated rings. The van der Waals surface area contributed by atoms with E-state index in [1.54, 1.807) is 38.1 Å². The predicted molar refractivity (Wildman–Crippen MR) is 120 cm³/mol. The van der Waals surface area contributed by atoms with Crippen molar-refractivity contribution in [2.45, 2.75) is 25.6 Å². The zero-order chi connectivity index (χ0) is 23.8. The number of nitrogens with one attached hydrogen (secondary N) is 2. The first-order valence-electron chi connectivity index (χ1n) is 10.1. The number of rotatable bonds is 4. The van der Waals surface area contributed by atoms with Crippen LogP contribution in [0.15, 0.2) is 72.8 Å². The van der Waals surface area contributed by atoms with Crippen molar-refractivity contribution in [3.05, 3.63) is 84.1 Å². The number of alkyl halides is 3. The summed E-state index contributed by atoms with van der Waals surface area (Å²) in [6.45, 7) is 3.13. The first kappa shape index (κ1) is 22.3. The van der Waals surface area contributed by atoms with E-state index in [-0.39, 0.29) is 11.5 Å². The number of carbonyl (C=O) groups excluding carboxylic acids is 1. The molecule has 0 radical (unpaired) electrons. The number of fused-ring (bicyclic) bond motifs is 1. The van der Waals surface area contributed by atoms with Crippen LogP contribution in [0.5, 0.6) is 0 Å². The van der Waals surface area contributed by atoms with Crippen LogP contribution >= 0.6 is 0 Å². The molecule has 170 valence electrons. The molecule has 3 N–H and O–H groups in total. The van der Waals surface area contributed by atoms with Crippen molar-refractivity contribution in [3.8, 4) is 5.69 Å². The van der Waals surface area contributed by atoms with E-state index >= 15 is 0 Å². The SMILES string of the molecule is CC(C)(O)c1cccc(-n2nc(C(F)(F)F)cc2NC(=O)Nc2cccc3ccccc23)c1. The third-order valence-electron chi connectivity index (χ3n) is 5.08. The van der Waals surface area contributed by atoms with Crippen LogP contribution in [-0.2, 0) is 11.8 Å². The fraction of sp³-hybridized carbons (Fsp3) is 0.167. The van der Waals surface area contributed by atoms with E-state index in [4.69, 9.17) is 0 Å². The van der Waals surface area contributed by atoms with E-state index in [0.29, 0.717) is 11.3 Å². The minimum absolute atomic E-state index is 0.173. The number of halogens is 3. The maximum absolute atomic E-state index is 13.4. The lowest BCUT2D eigenvalue weighted by atomic mass is 9.98. The number of urea groups is 1. The predicted octanol–water partition coefficient (Wildman–Crippen LogP) is 5.92. The van der Waals surface area contributed by atoms with Gasteiger partial charge in [0.25, 0.3) is 0 Å². The molecule has 9 heteroatoms. The van der Waals surface area contributed by atoms with Gasteiger partial charge in [-0.3, -0.25) is 5.32 Å². The smallest absolute Gasteiger partial charge is 0.386 e. The number of hydrogen-bond acceptors (Lipinski definition) is 3. The Morgan fingerprint density at radius 1 is 0.939 bits per heavy atom. The lowest BCUT2D eigenvalue weighted by Gasteiger charge is -2.19. The summed E-state index contributed by atoms with van der Waals surface area (Å²) >= 11 is 0. The highest BCUT2D eigenvalue weighted by atomic mass is 19.4. The zero-order valence-electron chi connectivity index (χ0n) is 17.8. The average Bonchev–Trinajstić information content (AvgIpc) is 3.18. The molecule has 0 aliphatic rings. The maximum atomic E-state index is 13.4. The van der Waals surface area contributed by atoms with Crippen molar-refractivity contribution in [2.24, 2.45) is 0 Å². The zero-order valence-corrected chi connectivity index (χ0v) is 17.8. The summed E-state index contributed by atoms with van der Waals surface area (Å²) in [7, 11) is 0. The van der Waals surface area contributed by atoms with E-state index in [1.807, 2.05) is 30.3 Å². The Labute approximate surface area is 187 Å². The molecule has 33 heavy (non-hydrogen) atoms. The molecule has 6 nitrogen and oxygen atoms in total. The quantitative estimate of drug-likeness (QED) is 0.358. The van der Waals surface area contributed by atoms with Gasteiger partial charge in [0.2, 0.25) is 0 Å². The highest BCUT2D eigenvalue weighted by Crippen LogP contribution is 2.32. The molecule has 3 aromatic carbocycles. The summed E-state index contributed by atoms with van der Waals surface area (Å²) in [6.07, 6.45) is -4.71. The molecule has 4 rings (SSSR count). The van der Waals surface area contributed by atoms with Gasteiger partial charge >= 0.3 is 12.2 Å². The number of carbonyl (C=O) groups is 1. The molecule has 0 bridgehead atoms. The summed E-state index contributed by atoms with van der Waals surface area (Å²) in [5.74, 6) is -0.173. The van der Waals surface area contributed by atoms with Crippen LogP contribution in [0.25, 0.3) is 16.5 Å². The summed E-state index contributed by atoms with van der Waals surface area (Å²) in [5, 5.41) is 20.8. The van der Waals surface area contributed by atoms with Crippen molar-refractivity contribution in [3.63, 3.8) is 0 Å². The molecule has 0 spiro atoms. The van der Waals surface area contributed by atoms with Gasteiger partial charge in [-0.1, -0.05) is 48.5 Å². The number of aliphatic hydroxyl groups is 1. The van der Waals surface area contributed by atoms with Gasteiger partial charge in [0.15, 0.2) is 5.69 Å². The van der Waals surface area contributed by atoms with Crippen LogP contribution in [0.2, 0.25) is 0 Å². The molecular weight excluding hydrogens is 433 g/mol. The fourth-order valence-electron chi connectivity index (χ4n) is 3.43. The standard InChI is InChI=1S/C24H21F3N4O2/c1-23(2,33)16-9-6-10-17(13-16)31-21(14-20(30-31)24(25,26)27)29-22(32)28-19-12-5-8-15-7-3-4-11-18(15)19/h3-14,33H,1-2H3,(H2,28,29,32). The molecule has 0 unspecified atom stereocenters. The Bertz CT molecular complexity index is 1320. The summed E-state index contributed by atoms with van der Waals surface area (Å²) in [4.78, 5) is 12.7. The van der Waals surface area contributed by atoms with Gasteiger partial charge in [-0.05, 0) is 43.0 Å². The molecular formula is C24H21F3N4O2. The van der Waals surface area contributed by atoms with Crippen LogP contribution in [0.3, 0.4) is 0 Å². The molecule has 0 aliphatic carbocycles. The second-order valence-corrected chi connectivity index (χ2v) is 8.04. The Kier molecular flexibility index (Phi) is 5.59. The van der Waals surface area contributed by atoms with Crippen LogP contribution in [0, 0.1) is 0 Å². The van der Waals surface area contributed by atoms with E-state index in [1.165, 1.54) is 12.1 Å². The van der Waals surface area contributed by atoms with Crippen molar-refractivity contribution in [1.82, 2.24) is 9.78 Å². The van der Waals surface area contributed by atoms with Gasteiger partial charge in [0.05, 0.1) is 17.0 Å². The number of anilines is 2. The minimum Gasteiger partial charge on any atom is -0.386 e. The van der Waals surface area contributed by atoms with Gasteiger partial charge in [-0.2, -0.15) is 18.3 Å². The first-order chi connectivity index (χ1) is 15.5. The van der Waals surface area contributed by atoms with E-state index in [0.717, 1.165) is 21.5 Å². The van der Waals surface area contributed by atoms with Crippen LogP contribution in [0.1, 0.15) is 25.1 Å². The van der Waals surface area contributed by atoms with Crippen LogP contribution < -0.4 is 10.6 Å². The number of benzene rings is 3. The van der Waals surface area contributed by atoms with Crippen molar-refractivity contribution in [2.75, 3.05) is 10.6 Å². The number of nitrogens with zero attached hydrogens (tertiary/aromatic N) is 2. The second kappa shape index (κ2) is 8.25. The van der Waals surface area contributed by atoms with Crippen molar-refractivity contribution >= 4 is 28.3 Å². The number of aromatic nitrogens is 2. The molecule has 0 saturated carbocycles. The Hall–Kier alpha value is -3.85. The maximum Gasteiger partial charge on any atom is 0.435 e. The highest BCUT2D eigenvalue weighted by molar-refractivity contribution is 6.06. The second-order valence-electron chi connectivity index (χ2n) is 8.04. The van der Waals surface area contributed by atoms with E-state index in [2.05, 4.69) is 15.7 Å². The molecule has 0 saturated heterocycles. The first-order valence-corrected chi connectivity index (χ1v) is 10.1. The monoisotopic (exact) mass is 454 g/mol. The molecule has 0 atom stereocenters. The third kappa shape index (κ3) is 4.83. The van der Waals surface area contributed by atoms with E-state index < -0.39 is 23.5 Å². The Balaban J connectivity index is 1.69. The Morgan fingerprint density at radius 2 is 1.64 bits per heavy atom. The third-order valence-corrected chi connectivity index (χ3v) is 5.08. The minimum atomic E-state index is -4.71. The topological polar surface area (TPSA) is 79.2 Å². The van der Waals surface area contributed by atoms with Crippen LogP contribution in [-0.4, -0.2) is 20.9 Å². The van der Waals surface area contributed by atoms with Gasteiger partial charge in [-0.15, -0.1) is 0 Å². The lowest BCUT2D eigenvalue weighted by Crippen LogP contribution is -2.21. The van der Waals surface area contributed by atoms with Gasteiger partial charge in [0, 0.05) is 11.5 Å².